The summed E-state index contributed by atoms with van der Waals surface area (Å²) < 4.78 is 13.0. The van der Waals surface area contributed by atoms with Crippen LogP contribution in [0.15, 0.2) is 47.4 Å². The Hall–Kier alpha value is -1.19. The molecule has 0 spiro atoms. The smallest absolute Gasteiger partial charge is 0.129 e. The van der Waals surface area contributed by atoms with E-state index in [9.17, 15) is 9.50 Å². The highest BCUT2D eigenvalue weighted by Gasteiger charge is 2.05. The number of thioether (sulfide) groups is 1. The molecule has 0 aliphatic heterocycles. The Morgan fingerprint density at radius 3 is 2.71 bits per heavy atom. The number of aromatic hydroxyl groups is 1. The molecule has 88 valence electrons. The van der Waals surface area contributed by atoms with Crippen LogP contribution in [0.5, 0.6) is 5.75 Å². The SMILES string of the molecule is Oc1ccccc1SCc1cc(F)ccc1Cl. The van der Waals surface area contributed by atoms with E-state index in [1.54, 1.807) is 12.1 Å². The van der Waals surface area contributed by atoms with Gasteiger partial charge in [-0.25, -0.2) is 4.39 Å². The molecule has 0 heterocycles. The van der Waals surface area contributed by atoms with Gasteiger partial charge in [0.05, 0.1) is 0 Å². The Balaban J connectivity index is 2.12. The molecule has 1 nitrogen and oxygen atoms in total. The van der Waals surface area contributed by atoms with Crippen LogP contribution >= 0.6 is 23.4 Å². The van der Waals surface area contributed by atoms with E-state index in [4.69, 9.17) is 11.6 Å². The van der Waals surface area contributed by atoms with Gasteiger partial charge in [0.2, 0.25) is 0 Å². The first-order valence-electron chi connectivity index (χ1n) is 5.01. The predicted octanol–water partition coefficient (Wildman–Crippen LogP) is 4.48. The first-order chi connectivity index (χ1) is 8.16. The third-order valence-corrected chi connectivity index (χ3v) is 3.74. The Labute approximate surface area is 108 Å². The Morgan fingerprint density at radius 1 is 1.18 bits per heavy atom. The van der Waals surface area contributed by atoms with E-state index in [-0.39, 0.29) is 11.6 Å². The molecule has 0 saturated carbocycles. The minimum absolute atomic E-state index is 0.227. The van der Waals surface area contributed by atoms with E-state index < -0.39 is 0 Å². The molecule has 2 aromatic carbocycles. The summed E-state index contributed by atoms with van der Waals surface area (Å²) >= 11 is 7.38. The molecule has 0 unspecified atom stereocenters. The molecule has 0 aliphatic rings. The quantitative estimate of drug-likeness (QED) is 0.829. The third-order valence-electron chi connectivity index (χ3n) is 2.26. The highest BCUT2D eigenvalue weighted by Crippen LogP contribution is 2.32. The summed E-state index contributed by atoms with van der Waals surface area (Å²) in [6.07, 6.45) is 0. The van der Waals surface area contributed by atoms with Crippen molar-refractivity contribution in [2.45, 2.75) is 10.6 Å². The molecular formula is C13H10ClFOS. The van der Waals surface area contributed by atoms with Crippen molar-refractivity contribution < 1.29 is 9.50 Å². The average Bonchev–Trinajstić information content (AvgIpc) is 2.32. The second kappa shape index (κ2) is 5.43. The molecular weight excluding hydrogens is 259 g/mol. The molecule has 2 rings (SSSR count). The highest BCUT2D eigenvalue weighted by molar-refractivity contribution is 7.98. The van der Waals surface area contributed by atoms with Crippen molar-refractivity contribution in [2.75, 3.05) is 0 Å². The van der Waals surface area contributed by atoms with E-state index in [0.29, 0.717) is 10.8 Å². The Kier molecular flexibility index (Phi) is 3.92. The zero-order chi connectivity index (χ0) is 12.3. The number of rotatable bonds is 3. The maximum Gasteiger partial charge on any atom is 0.129 e. The number of halogens is 2. The van der Waals surface area contributed by atoms with Crippen molar-refractivity contribution in [3.05, 3.63) is 58.9 Å². The van der Waals surface area contributed by atoms with Gasteiger partial charge in [-0.1, -0.05) is 23.7 Å². The minimum atomic E-state index is -0.303. The first-order valence-corrected chi connectivity index (χ1v) is 6.38. The molecule has 0 bridgehead atoms. The number of hydrogen-bond donors (Lipinski definition) is 1. The normalized spacial score (nSPS) is 10.5. The van der Waals surface area contributed by atoms with Gasteiger partial charge in [0.15, 0.2) is 0 Å². The monoisotopic (exact) mass is 268 g/mol. The van der Waals surface area contributed by atoms with Crippen molar-refractivity contribution in [1.82, 2.24) is 0 Å². The molecule has 17 heavy (non-hydrogen) atoms. The molecule has 0 saturated heterocycles. The predicted molar refractivity (Wildman–Crippen MR) is 69.1 cm³/mol. The van der Waals surface area contributed by atoms with Crippen LogP contribution in [0, 0.1) is 5.82 Å². The van der Waals surface area contributed by atoms with Gasteiger partial charge in [-0.2, -0.15) is 0 Å². The molecule has 1 N–H and O–H groups in total. The fourth-order valence-corrected chi connectivity index (χ4v) is 2.59. The molecule has 0 fully saturated rings. The summed E-state index contributed by atoms with van der Waals surface area (Å²) in [5.41, 5.74) is 0.722. The second-order valence-electron chi connectivity index (χ2n) is 3.49. The van der Waals surface area contributed by atoms with Gasteiger partial charge in [0.25, 0.3) is 0 Å². The fourth-order valence-electron chi connectivity index (χ4n) is 1.39. The lowest BCUT2D eigenvalue weighted by molar-refractivity contribution is 0.462. The van der Waals surface area contributed by atoms with Gasteiger partial charge in [0, 0.05) is 15.7 Å². The molecule has 4 heteroatoms. The van der Waals surface area contributed by atoms with Crippen LogP contribution in [-0.4, -0.2) is 5.11 Å². The summed E-state index contributed by atoms with van der Waals surface area (Å²) in [5, 5.41) is 10.1. The summed E-state index contributed by atoms with van der Waals surface area (Å²) in [7, 11) is 0. The standard InChI is InChI=1S/C13H10ClFOS/c14-11-6-5-10(15)7-9(11)8-17-13-4-2-1-3-12(13)16/h1-7,16H,8H2. The van der Waals surface area contributed by atoms with E-state index in [2.05, 4.69) is 0 Å². The highest BCUT2D eigenvalue weighted by atomic mass is 35.5. The molecule has 0 aliphatic carbocycles. The molecule has 0 radical (unpaired) electrons. The number of phenolic OH excluding ortho intramolecular Hbond substituents is 1. The number of phenols is 1. The topological polar surface area (TPSA) is 20.2 Å². The van der Waals surface area contributed by atoms with Gasteiger partial charge < -0.3 is 5.11 Å². The number of para-hydroxylation sites is 1. The fraction of sp³-hybridized carbons (Fsp3) is 0.0769. The molecule has 0 atom stereocenters. The largest absolute Gasteiger partial charge is 0.507 e. The summed E-state index contributed by atoms with van der Waals surface area (Å²) in [6.45, 7) is 0. The van der Waals surface area contributed by atoms with Crippen molar-refractivity contribution in [1.29, 1.82) is 0 Å². The summed E-state index contributed by atoms with van der Waals surface area (Å²) in [6, 6.07) is 11.3. The zero-order valence-electron chi connectivity index (χ0n) is 8.86. The zero-order valence-corrected chi connectivity index (χ0v) is 10.4. The minimum Gasteiger partial charge on any atom is -0.507 e. The van der Waals surface area contributed by atoms with Crippen molar-refractivity contribution >= 4 is 23.4 Å². The van der Waals surface area contributed by atoms with Gasteiger partial charge in [-0.05, 0) is 35.9 Å². The van der Waals surface area contributed by atoms with E-state index in [0.717, 1.165) is 10.5 Å². The van der Waals surface area contributed by atoms with Crippen LogP contribution in [0.4, 0.5) is 4.39 Å². The Morgan fingerprint density at radius 2 is 1.94 bits per heavy atom. The van der Waals surface area contributed by atoms with E-state index >= 15 is 0 Å². The number of hydrogen-bond acceptors (Lipinski definition) is 2. The van der Waals surface area contributed by atoms with Crippen LogP contribution in [0.1, 0.15) is 5.56 Å². The van der Waals surface area contributed by atoms with Crippen molar-refractivity contribution in [2.24, 2.45) is 0 Å². The van der Waals surface area contributed by atoms with Crippen molar-refractivity contribution in [3.63, 3.8) is 0 Å². The lowest BCUT2D eigenvalue weighted by Crippen LogP contribution is -1.85. The van der Waals surface area contributed by atoms with Gasteiger partial charge in [0.1, 0.15) is 11.6 Å². The first kappa shape index (κ1) is 12.3. The lowest BCUT2D eigenvalue weighted by Gasteiger charge is -2.06. The summed E-state index contributed by atoms with van der Waals surface area (Å²) in [5.74, 6) is 0.445. The molecule has 0 aromatic heterocycles. The molecule has 0 amide bonds. The summed E-state index contributed by atoms with van der Waals surface area (Å²) in [4.78, 5) is 0.757. The average molecular weight is 269 g/mol. The second-order valence-corrected chi connectivity index (χ2v) is 4.92. The Bertz CT molecular complexity index is 531. The van der Waals surface area contributed by atoms with E-state index in [1.165, 1.54) is 30.0 Å². The van der Waals surface area contributed by atoms with Crippen LogP contribution in [0.2, 0.25) is 5.02 Å². The van der Waals surface area contributed by atoms with E-state index in [1.807, 2.05) is 12.1 Å². The van der Waals surface area contributed by atoms with Gasteiger partial charge >= 0.3 is 0 Å². The van der Waals surface area contributed by atoms with Gasteiger partial charge in [-0.3, -0.25) is 0 Å². The maximum atomic E-state index is 13.0. The lowest BCUT2D eigenvalue weighted by atomic mass is 10.2. The maximum absolute atomic E-state index is 13.0. The van der Waals surface area contributed by atoms with Crippen LogP contribution in [0.3, 0.4) is 0 Å². The van der Waals surface area contributed by atoms with Crippen molar-refractivity contribution in [3.8, 4) is 5.75 Å². The van der Waals surface area contributed by atoms with Crippen LogP contribution < -0.4 is 0 Å². The number of benzene rings is 2. The van der Waals surface area contributed by atoms with Gasteiger partial charge in [-0.15, -0.1) is 11.8 Å². The van der Waals surface area contributed by atoms with Crippen LogP contribution in [0.25, 0.3) is 0 Å². The molecule has 2 aromatic rings. The third kappa shape index (κ3) is 3.14. The van der Waals surface area contributed by atoms with Crippen LogP contribution in [-0.2, 0) is 5.75 Å².